The first-order valence-electron chi connectivity index (χ1n) is 6.46. The highest BCUT2D eigenvalue weighted by Crippen LogP contribution is 2.12. The molecule has 1 fully saturated rings. The lowest BCUT2D eigenvalue weighted by molar-refractivity contribution is -0.125. The summed E-state index contributed by atoms with van der Waals surface area (Å²) in [5, 5.41) is 15.3. The van der Waals surface area contributed by atoms with E-state index in [0.717, 1.165) is 37.1 Å². The summed E-state index contributed by atoms with van der Waals surface area (Å²) in [6.07, 6.45) is 1.84. The lowest BCUT2D eigenvalue weighted by Gasteiger charge is -2.21. The summed E-state index contributed by atoms with van der Waals surface area (Å²) in [5.74, 6) is 0.290. The van der Waals surface area contributed by atoms with Crippen LogP contribution in [0.5, 0.6) is 0 Å². The normalized spacial score (nSPS) is 15.6. The molecule has 0 saturated carbocycles. The monoisotopic (exact) mass is 284 g/mol. The summed E-state index contributed by atoms with van der Waals surface area (Å²) in [4.78, 5) is 11.9. The van der Waals surface area contributed by atoms with Crippen molar-refractivity contribution in [2.75, 3.05) is 13.1 Å². The third-order valence-corrected chi connectivity index (χ3v) is 3.35. The van der Waals surface area contributed by atoms with Crippen molar-refractivity contribution in [1.29, 1.82) is 0 Å². The Balaban J connectivity index is 0.00000180. The van der Waals surface area contributed by atoms with Crippen LogP contribution < -0.4 is 10.6 Å². The van der Waals surface area contributed by atoms with Gasteiger partial charge in [0.25, 0.3) is 0 Å². The first-order chi connectivity index (χ1) is 8.79. The van der Waals surface area contributed by atoms with Crippen LogP contribution in [-0.4, -0.2) is 24.1 Å². The number of nitrogens with one attached hydrogen (secondary N) is 2. The topological polar surface area (TPSA) is 61.4 Å². The predicted molar refractivity (Wildman–Crippen MR) is 77.1 cm³/mol. The zero-order valence-corrected chi connectivity index (χ0v) is 11.7. The van der Waals surface area contributed by atoms with Crippen molar-refractivity contribution in [2.24, 2.45) is 5.92 Å². The maximum atomic E-state index is 11.9. The standard InChI is InChI=1S/C14H20N2O2.ClH/c17-10-12-3-1-2-11(8-12)9-16-14(18)13-4-6-15-7-5-13;/h1-3,8,13,15,17H,4-7,9-10H2,(H,16,18);1H. The highest BCUT2D eigenvalue weighted by atomic mass is 35.5. The zero-order valence-electron chi connectivity index (χ0n) is 10.9. The Hall–Kier alpha value is -1.10. The van der Waals surface area contributed by atoms with Gasteiger partial charge in [0.15, 0.2) is 0 Å². The maximum absolute atomic E-state index is 11.9. The summed E-state index contributed by atoms with van der Waals surface area (Å²) in [6.45, 7) is 2.43. The molecule has 1 aliphatic rings. The second kappa shape index (κ2) is 8.15. The maximum Gasteiger partial charge on any atom is 0.223 e. The van der Waals surface area contributed by atoms with E-state index in [1.807, 2.05) is 24.3 Å². The van der Waals surface area contributed by atoms with Gasteiger partial charge in [0.2, 0.25) is 5.91 Å². The van der Waals surface area contributed by atoms with Crippen LogP contribution in [0.15, 0.2) is 24.3 Å². The average molecular weight is 285 g/mol. The van der Waals surface area contributed by atoms with Crippen LogP contribution in [0.4, 0.5) is 0 Å². The Morgan fingerprint density at radius 1 is 1.32 bits per heavy atom. The number of rotatable bonds is 4. The average Bonchev–Trinajstić information content (AvgIpc) is 2.46. The Bertz CT molecular complexity index is 406. The molecule has 0 aliphatic carbocycles. The van der Waals surface area contributed by atoms with E-state index in [4.69, 9.17) is 5.11 Å². The lowest BCUT2D eigenvalue weighted by atomic mass is 9.97. The van der Waals surface area contributed by atoms with Gasteiger partial charge < -0.3 is 15.7 Å². The second-order valence-corrected chi connectivity index (χ2v) is 4.72. The molecule has 0 unspecified atom stereocenters. The van der Waals surface area contributed by atoms with Crippen LogP contribution in [0, 0.1) is 5.92 Å². The fourth-order valence-electron chi connectivity index (χ4n) is 2.26. The highest BCUT2D eigenvalue weighted by molar-refractivity contribution is 5.85. The third kappa shape index (κ3) is 4.82. The van der Waals surface area contributed by atoms with E-state index in [1.165, 1.54) is 0 Å². The van der Waals surface area contributed by atoms with Gasteiger partial charge in [0, 0.05) is 12.5 Å². The SMILES string of the molecule is Cl.O=C(NCc1cccc(CO)c1)C1CCNCC1. The van der Waals surface area contributed by atoms with Crippen LogP contribution in [0.25, 0.3) is 0 Å². The van der Waals surface area contributed by atoms with Crippen LogP contribution in [0.1, 0.15) is 24.0 Å². The first-order valence-corrected chi connectivity index (χ1v) is 6.46. The van der Waals surface area contributed by atoms with Gasteiger partial charge in [-0.1, -0.05) is 24.3 Å². The van der Waals surface area contributed by atoms with Crippen LogP contribution in [0.3, 0.4) is 0 Å². The van der Waals surface area contributed by atoms with E-state index in [2.05, 4.69) is 10.6 Å². The number of hydrogen-bond donors (Lipinski definition) is 3. The van der Waals surface area contributed by atoms with Crippen LogP contribution >= 0.6 is 12.4 Å². The number of carbonyl (C=O) groups is 1. The van der Waals surface area contributed by atoms with Crippen molar-refractivity contribution < 1.29 is 9.90 Å². The molecule has 1 aromatic rings. The van der Waals surface area contributed by atoms with Crippen molar-refractivity contribution >= 4 is 18.3 Å². The molecule has 1 amide bonds. The Labute approximate surface area is 120 Å². The molecule has 1 heterocycles. The van der Waals surface area contributed by atoms with Gasteiger partial charge in [-0.2, -0.15) is 0 Å². The summed E-state index contributed by atoms with van der Waals surface area (Å²) in [6, 6.07) is 7.65. The van der Waals surface area contributed by atoms with Gasteiger partial charge >= 0.3 is 0 Å². The van der Waals surface area contributed by atoms with Gasteiger partial charge in [0.1, 0.15) is 0 Å². The van der Waals surface area contributed by atoms with Gasteiger partial charge in [-0.3, -0.25) is 4.79 Å². The number of halogens is 1. The number of aliphatic hydroxyl groups is 1. The van der Waals surface area contributed by atoms with Gasteiger partial charge in [-0.15, -0.1) is 12.4 Å². The summed E-state index contributed by atoms with van der Waals surface area (Å²) in [5.41, 5.74) is 1.91. The third-order valence-electron chi connectivity index (χ3n) is 3.35. The van der Waals surface area contributed by atoms with E-state index in [1.54, 1.807) is 0 Å². The van der Waals surface area contributed by atoms with Crippen molar-refractivity contribution in [1.82, 2.24) is 10.6 Å². The molecule has 0 aromatic heterocycles. The second-order valence-electron chi connectivity index (χ2n) is 4.72. The highest BCUT2D eigenvalue weighted by Gasteiger charge is 2.20. The zero-order chi connectivity index (χ0) is 12.8. The minimum Gasteiger partial charge on any atom is -0.392 e. The fourth-order valence-corrected chi connectivity index (χ4v) is 2.26. The molecule has 3 N–H and O–H groups in total. The van der Waals surface area contributed by atoms with E-state index in [-0.39, 0.29) is 30.8 Å². The fraction of sp³-hybridized carbons (Fsp3) is 0.500. The predicted octanol–water partition coefficient (Wildman–Crippen LogP) is 1.22. The number of benzene rings is 1. The van der Waals surface area contributed by atoms with Crippen molar-refractivity contribution in [3.8, 4) is 0 Å². The molecule has 0 atom stereocenters. The molecule has 5 heteroatoms. The number of carbonyl (C=O) groups excluding carboxylic acids is 1. The molecule has 106 valence electrons. The van der Waals surface area contributed by atoms with E-state index >= 15 is 0 Å². The van der Waals surface area contributed by atoms with Crippen LogP contribution in [-0.2, 0) is 17.9 Å². The number of aliphatic hydroxyl groups excluding tert-OH is 1. The van der Waals surface area contributed by atoms with Gasteiger partial charge in [-0.25, -0.2) is 0 Å². The largest absolute Gasteiger partial charge is 0.392 e. The van der Waals surface area contributed by atoms with Crippen LogP contribution in [0.2, 0.25) is 0 Å². The molecule has 19 heavy (non-hydrogen) atoms. The lowest BCUT2D eigenvalue weighted by Crippen LogP contribution is -2.37. The molecule has 4 nitrogen and oxygen atoms in total. The Morgan fingerprint density at radius 2 is 2.00 bits per heavy atom. The molecular formula is C14H21ClN2O2. The Morgan fingerprint density at radius 3 is 2.68 bits per heavy atom. The van der Waals surface area contributed by atoms with Gasteiger partial charge in [0.05, 0.1) is 6.61 Å². The van der Waals surface area contributed by atoms with E-state index in [9.17, 15) is 4.79 Å². The van der Waals surface area contributed by atoms with E-state index in [0.29, 0.717) is 6.54 Å². The summed E-state index contributed by atoms with van der Waals surface area (Å²) < 4.78 is 0. The molecule has 0 bridgehead atoms. The van der Waals surface area contributed by atoms with Crippen molar-refractivity contribution in [2.45, 2.75) is 26.0 Å². The molecular weight excluding hydrogens is 264 g/mol. The molecule has 1 aliphatic heterocycles. The molecule has 1 aromatic carbocycles. The number of amides is 1. The van der Waals surface area contributed by atoms with E-state index < -0.39 is 0 Å². The number of hydrogen-bond acceptors (Lipinski definition) is 3. The van der Waals surface area contributed by atoms with Crippen molar-refractivity contribution in [3.05, 3.63) is 35.4 Å². The molecule has 2 rings (SSSR count). The smallest absolute Gasteiger partial charge is 0.223 e. The quantitative estimate of drug-likeness (QED) is 0.779. The minimum atomic E-state index is 0. The number of piperidine rings is 1. The first kappa shape index (κ1) is 16.0. The van der Waals surface area contributed by atoms with Gasteiger partial charge in [-0.05, 0) is 37.1 Å². The molecule has 1 saturated heterocycles. The summed E-state index contributed by atoms with van der Waals surface area (Å²) >= 11 is 0. The minimum absolute atomic E-state index is 0. The molecule has 0 spiro atoms. The Kier molecular flexibility index (Phi) is 6.84. The van der Waals surface area contributed by atoms with Crippen molar-refractivity contribution in [3.63, 3.8) is 0 Å². The molecule has 0 radical (unpaired) electrons. The summed E-state index contributed by atoms with van der Waals surface area (Å²) in [7, 11) is 0.